The van der Waals surface area contributed by atoms with E-state index < -0.39 is 11.6 Å². The molecular formula is C56H74BrF2N10O6PS3. The summed E-state index contributed by atoms with van der Waals surface area (Å²) in [7, 11) is 2.75. The first-order valence-corrected chi connectivity index (χ1v) is 29.6. The third-order valence-electron chi connectivity index (χ3n) is 14.2. The summed E-state index contributed by atoms with van der Waals surface area (Å²) in [4.78, 5) is 42.5. The van der Waals surface area contributed by atoms with Crippen LogP contribution in [0.3, 0.4) is 0 Å². The van der Waals surface area contributed by atoms with Crippen molar-refractivity contribution in [3.8, 4) is 11.5 Å². The summed E-state index contributed by atoms with van der Waals surface area (Å²) < 4.78 is 36.7. The van der Waals surface area contributed by atoms with Gasteiger partial charge in [-0.3, -0.25) is 19.4 Å². The highest BCUT2D eigenvalue weighted by molar-refractivity contribution is 9.09. The molecule has 3 unspecified atom stereocenters. The van der Waals surface area contributed by atoms with Crippen molar-refractivity contribution in [2.45, 2.75) is 82.6 Å². The van der Waals surface area contributed by atoms with Crippen molar-refractivity contribution in [3.05, 3.63) is 113 Å². The van der Waals surface area contributed by atoms with Crippen LogP contribution < -0.4 is 41.4 Å². The van der Waals surface area contributed by atoms with Crippen LogP contribution in [0.1, 0.15) is 83.9 Å². The Hall–Kier alpha value is -5.03. The number of likely N-dealkylation sites (tertiary alicyclic amines) is 2. The number of halogens is 3. The van der Waals surface area contributed by atoms with Gasteiger partial charge in [0, 0.05) is 85.2 Å². The highest BCUT2D eigenvalue weighted by atomic mass is 79.9. The number of amidine groups is 1. The van der Waals surface area contributed by atoms with Gasteiger partial charge in [0.15, 0.2) is 44.3 Å². The summed E-state index contributed by atoms with van der Waals surface area (Å²) in [5.41, 5.74) is 16.5. The smallest absolute Gasteiger partial charge is 0.206 e. The number of benzene rings is 4. The van der Waals surface area contributed by atoms with Crippen molar-refractivity contribution >= 4 is 117 Å². The molecule has 0 aliphatic carbocycles. The lowest BCUT2D eigenvalue weighted by atomic mass is 9.98. The number of nitrogens with one attached hydrogen (secondary N) is 2. The predicted molar refractivity (Wildman–Crippen MR) is 331 cm³/mol. The molecule has 4 aromatic carbocycles. The van der Waals surface area contributed by atoms with E-state index >= 15 is 0 Å². The van der Waals surface area contributed by atoms with Gasteiger partial charge in [-0.25, -0.2) is 13.8 Å². The number of aliphatic hydroxyl groups is 2. The first-order valence-electron chi connectivity index (χ1n) is 26.3. The van der Waals surface area contributed by atoms with Gasteiger partial charge in [0.1, 0.15) is 10.7 Å². The minimum absolute atomic E-state index is 0. The molecule has 428 valence electrons. The number of thioether (sulfide) groups is 1. The highest BCUT2D eigenvalue weighted by Crippen LogP contribution is 2.33. The monoisotopic (exact) mass is 1230 g/mol. The van der Waals surface area contributed by atoms with Crippen molar-refractivity contribution in [2.24, 2.45) is 10.7 Å². The number of ether oxygens (including phenoxy) is 2. The summed E-state index contributed by atoms with van der Waals surface area (Å²) in [6.07, 6.45) is 8.25. The van der Waals surface area contributed by atoms with E-state index in [1.807, 2.05) is 31.2 Å². The predicted octanol–water partition coefficient (Wildman–Crippen LogP) is 9.62. The number of ketones is 2. The van der Waals surface area contributed by atoms with Crippen molar-refractivity contribution < 1.29 is 38.1 Å². The third-order valence-corrected chi connectivity index (χ3v) is 16.5. The molecule has 4 aliphatic heterocycles. The standard InChI is InChI=1S/C27H32FN5O3S.C20H31N5OS2.C9H8BrFO2.H3P/c1-36-23-9-4-17(15-22(23)28)24(35)25-26(29)31-27(37-25)30-18-5-7-19(8-6-18)32-13-10-20(11-14-32)33-12-2-3-21(34)16-33;1-2-28-19(21)23-20(27)22-15-5-7-16(8-6-15)24-12-9-17(10-13-24)25-11-3-4-18(26)14-25;1-13-9-3-2-6(4-7(9)11)8(12)5-10;/h4-9,15,20-21,34H,2-3,10-14,16,29H2,1H3,(H,30,31);5-8,17-18,26H,2-4,9-14H2,1H3,(H3,21,22,23,27);2-4H,5H2,1H3;1H3. The number of alkyl halides is 1. The van der Waals surface area contributed by atoms with Crippen LogP contribution in [0.4, 0.5) is 42.5 Å². The Morgan fingerprint density at radius 1 is 0.772 bits per heavy atom. The minimum Gasteiger partial charge on any atom is -0.494 e. The van der Waals surface area contributed by atoms with Crippen LogP contribution in [0, 0.1) is 11.6 Å². The lowest BCUT2D eigenvalue weighted by Gasteiger charge is -2.42. The summed E-state index contributed by atoms with van der Waals surface area (Å²) in [6, 6.07) is 25.8. The number of Topliss-reactive ketones (excluding diaryl/α,β-unsaturated/α-hetero) is 1. The molecule has 9 rings (SSSR count). The molecule has 0 radical (unpaired) electrons. The number of piperidine rings is 4. The summed E-state index contributed by atoms with van der Waals surface area (Å²) in [6.45, 7) is 9.98. The lowest BCUT2D eigenvalue weighted by molar-refractivity contribution is 0.0397. The number of carbonyl (C=O) groups is 2. The molecule has 4 aliphatic rings. The van der Waals surface area contributed by atoms with Gasteiger partial charge >= 0.3 is 0 Å². The molecule has 4 fully saturated rings. The second-order valence-electron chi connectivity index (χ2n) is 19.4. The molecule has 23 heteroatoms. The maximum absolute atomic E-state index is 14.1. The number of nitrogens with zero attached hydrogens (tertiary/aromatic N) is 6. The fourth-order valence-electron chi connectivity index (χ4n) is 10.1. The van der Waals surface area contributed by atoms with Crippen LogP contribution in [0.5, 0.6) is 11.5 Å². The zero-order valence-corrected chi connectivity index (χ0v) is 50.5. The molecule has 8 N–H and O–H groups in total. The van der Waals surface area contributed by atoms with Crippen molar-refractivity contribution in [1.29, 1.82) is 0 Å². The summed E-state index contributed by atoms with van der Waals surface area (Å²) >= 11 is 10.9. The SMILES string of the molecule is CCSC(N)=NC(=S)Nc1ccc(N2CCC(N3CCCC(O)C3)CC2)cc1.COc1ccc(C(=O)CBr)cc1F.COc1ccc(C(=O)c2sc(Nc3ccc(N4CCC(N5CCCC(O)C5)CC4)cc3)nc2N)cc1F.P. The van der Waals surface area contributed by atoms with Crippen LogP contribution in [0.25, 0.3) is 0 Å². The van der Waals surface area contributed by atoms with Crippen LogP contribution in [-0.4, -0.2) is 149 Å². The first kappa shape index (κ1) is 63.2. The van der Waals surface area contributed by atoms with Gasteiger partial charge < -0.3 is 51.6 Å². The first-order chi connectivity index (χ1) is 37.6. The molecule has 3 atom stereocenters. The Morgan fingerprint density at radius 3 is 1.71 bits per heavy atom. The Labute approximate surface area is 487 Å². The number of thiocarbonyl (C=S) groups is 1. The lowest BCUT2D eigenvalue weighted by Crippen LogP contribution is -2.49. The highest BCUT2D eigenvalue weighted by Gasteiger charge is 2.30. The molecule has 5 aromatic rings. The minimum atomic E-state index is -0.607. The number of β-amino-alcohol motifs (C(OH)–C–C–N with tert-alkyl or cyclic N) is 2. The number of hydrogen-bond acceptors (Lipinski definition) is 16. The topological polar surface area (TPSA) is 207 Å². The van der Waals surface area contributed by atoms with E-state index in [1.54, 1.807) is 0 Å². The summed E-state index contributed by atoms with van der Waals surface area (Å²) in [5.74, 6) is -0.462. The molecule has 5 heterocycles. The number of aromatic nitrogens is 1. The van der Waals surface area contributed by atoms with Gasteiger partial charge in [0.2, 0.25) is 5.78 Å². The van der Waals surface area contributed by atoms with Gasteiger partial charge in [-0.05, 0) is 167 Å². The van der Waals surface area contributed by atoms with E-state index in [9.17, 15) is 28.6 Å². The number of nitrogens with two attached hydrogens (primary N) is 2. The number of rotatable bonds is 14. The molecule has 0 saturated carbocycles. The Balaban J connectivity index is 0.000000211. The normalized spacial score (nSPS) is 18.5. The maximum Gasteiger partial charge on any atom is 0.206 e. The zero-order valence-electron chi connectivity index (χ0n) is 45.1. The maximum atomic E-state index is 14.1. The van der Waals surface area contributed by atoms with Crippen LogP contribution in [0.15, 0.2) is 89.9 Å². The molecule has 0 spiro atoms. The molecule has 79 heavy (non-hydrogen) atoms. The van der Waals surface area contributed by atoms with Gasteiger partial charge in [-0.2, -0.15) is 14.9 Å². The fraction of sp³-hybridized carbons (Fsp3) is 0.446. The van der Waals surface area contributed by atoms with E-state index in [2.05, 4.69) is 80.4 Å². The molecule has 0 amide bonds. The van der Waals surface area contributed by atoms with E-state index in [-0.39, 0.29) is 66.8 Å². The van der Waals surface area contributed by atoms with Gasteiger partial charge in [0.05, 0.1) is 31.8 Å². The van der Waals surface area contributed by atoms with Gasteiger partial charge in [-0.15, -0.1) is 0 Å². The fourth-order valence-corrected chi connectivity index (χ4v) is 12.0. The number of aliphatic hydroxyl groups excluding tert-OH is 2. The number of anilines is 6. The molecule has 16 nitrogen and oxygen atoms in total. The van der Waals surface area contributed by atoms with Gasteiger partial charge in [-0.1, -0.05) is 46.0 Å². The Bertz CT molecular complexity index is 2810. The molecule has 0 bridgehead atoms. The second kappa shape index (κ2) is 31.3. The average Bonchev–Trinajstić information content (AvgIpc) is 3.82. The number of hydrogen-bond donors (Lipinski definition) is 6. The second-order valence-corrected chi connectivity index (χ2v) is 22.6. The van der Waals surface area contributed by atoms with Crippen molar-refractivity contribution in [2.75, 3.05) is 104 Å². The Kier molecular flexibility index (Phi) is 25.0. The summed E-state index contributed by atoms with van der Waals surface area (Å²) in [5, 5.41) is 27.8. The van der Waals surface area contributed by atoms with Crippen molar-refractivity contribution in [1.82, 2.24) is 14.8 Å². The zero-order chi connectivity index (χ0) is 55.7. The van der Waals surface area contributed by atoms with Crippen molar-refractivity contribution in [3.63, 3.8) is 0 Å². The number of aliphatic imine (C=N–C) groups is 1. The average molecular weight is 1230 g/mol. The van der Waals surface area contributed by atoms with Crippen LogP contribution in [0.2, 0.25) is 0 Å². The van der Waals surface area contributed by atoms with E-state index in [4.69, 9.17) is 33.2 Å². The number of methoxy groups -OCH3 is 2. The Morgan fingerprint density at radius 2 is 1.25 bits per heavy atom. The molecule has 4 saturated heterocycles. The van der Waals surface area contributed by atoms with Crippen LogP contribution in [-0.2, 0) is 0 Å². The number of carbonyl (C=O) groups excluding carboxylic acids is 2. The van der Waals surface area contributed by atoms with Crippen LogP contribution >= 0.6 is 61.1 Å². The third kappa shape index (κ3) is 18.2. The van der Waals surface area contributed by atoms with Gasteiger partial charge in [0.25, 0.3) is 0 Å². The van der Waals surface area contributed by atoms with E-state index in [1.165, 1.54) is 67.7 Å². The molecular weight excluding hydrogens is 1150 g/mol. The quantitative estimate of drug-likeness (QED) is 0.0153. The number of nitrogen functional groups attached to an aromatic ring is 1. The number of thiazole rings is 1. The van der Waals surface area contributed by atoms with E-state index in [0.717, 1.165) is 138 Å². The largest absolute Gasteiger partial charge is 0.494 e. The van der Waals surface area contributed by atoms with E-state index in [0.29, 0.717) is 33.1 Å². The molecule has 1 aromatic heterocycles.